The molecule has 1 aromatic heterocycles. The number of likely N-dealkylation sites (tertiary alicyclic amines) is 1. The normalized spacial score (nSPS) is 16.9. The number of imidazole rings is 1. The van der Waals surface area contributed by atoms with E-state index in [1.54, 1.807) is 0 Å². The molecular weight excluding hydrogens is 282 g/mol. The van der Waals surface area contributed by atoms with E-state index in [1.807, 2.05) is 6.33 Å². The fourth-order valence-electron chi connectivity index (χ4n) is 3.60. The predicted octanol–water partition coefficient (Wildman–Crippen LogP) is 3.95. The molecule has 0 spiro atoms. The number of fused-ring (bicyclic) bond motifs is 1. The Morgan fingerprint density at radius 2 is 1.65 bits per heavy atom. The number of para-hydroxylation sites is 2. The first-order chi connectivity index (χ1) is 11.4. The van der Waals surface area contributed by atoms with Crippen LogP contribution in [-0.2, 0) is 13.1 Å². The molecule has 4 rings (SSSR count). The van der Waals surface area contributed by atoms with Crippen molar-refractivity contribution in [3.63, 3.8) is 0 Å². The number of aromatic nitrogens is 2. The second-order valence-electron chi connectivity index (χ2n) is 6.59. The number of hydrogen-bond donors (Lipinski definition) is 0. The quantitative estimate of drug-likeness (QED) is 0.728. The molecule has 1 saturated heterocycles. The smallest absolute Gasteiger partial charge is 0.0958 e. The van der Waals surface area contributed by atoms with Crippen LogP contribution in [0.1, 0.15) is 18.4 Å². The number of rotatable bonds is 4. The molecule has 0 unspecified atom stereocenters. The summed E-state index contributed by atoms with van der Waals surface area (Å²) in [5.74, 6) is 0.764. The summed E-state index contributed by atoms with van der Waals surface area (Å²) in [6.07, 6.45) is 4.56. The number of benzene rings is 2. The van der Waals surface area contributed by atoms with E-state index < -0.39 is 0 Å². The zero-order chi connectivity index (χ0) is 15.5. The van der Waals surface area contributed by atoms with Gasteiger partial charge >= 0.3 is 0 Å². The van der Waals surface area contributed by atoms with Gasteiger partial charge in [-0.2, -0.15) is 0 Å². The summed E-state index contributed by atoms with van der Waals surface area (Å²) >= 11 is 0. The highest BCUT2D eigenvalue weighted by molar-refractivity contribution is 5.74. The summed E-state index contributed by atoms with van der Waals surface area (Å²) in [5.41, 5.74) is 3.79. The Morgan fingerprint density at radius 3 is 2.48 bits per heavy atom. The molecule has 0 bridgehead atoms. The molecule has 0 aliphatic carbocycles. The predicted molar refractivity (Wildman–Crippen MR) is 94.2 cm³/mol. The van der Waals surface area contributed by atoms with Crippen molar-refractivity contribution in [1.82, 2.24) is 14.5 Å². The van der Waals surface area contributed by atoms with Gasteiger partial charge < -0.3 is 4.57 Å². The van der Waals surface area contributed by atoms with Crippen LogP contribution in [-0.4, -0.2) is 27.5 Å². The first-order valence-corrected chi connectivity index (χ1v) is 8.54. The van der Waals surface area contributed by atoms with Crippen molar-refractivity contribution in [3.05, 3.63) is 66.5 Å². The van der Waals surface area contributed by atoms with Gasteiger partial charge in [0.1, 0.15) is 0 Å². The molecule has 1 aliphatic rings. The van der Waals surface area contributed by atoms with Crippen molar-refractivity contribution in [2.75, 3.05) is 13.1 Å². The van der Waals surface area contributed by atoms with Crippen LogP contribution in [0.2, 0.25) is 0 Å². The zero-order valence-corrected chi connectivity index (χ0v) is 13.4. The van der Waals surface area contributed by atoms with E-state index in [1.165, 1.54) is 37.0 Å². The van der Waals surface area contributed by atoms with Crippen molar-refractivity contribution >= 4 is 11.0 Å². The summed E-state index contributed by atoms with van der Waals surface area (Å²) < 4.78 is 2.33. The summed E-state index contributed by atoms with van der Waals surface area (Å²) in [6.45, 7) is 4.58. The largest absolute Gasteiger partial charge is 0.330 e. The molecule has 0 amide bonds. The maximum absolute atomic E-state index is 4.51. The van der Waals surface area contributed by atoms with E-state index in [0.717, 1.165) is 24.5 Å². The SMILES string of the molecule is c1ccc(CN2CCC(Cn3cnc4ccccc43)CC2)cc1. The molecular formula is C20H23N3. The van der Waals surface area contributed by atoms with Crippen molar-refractivity contribution in [2.24, 2.45) is 5.92 Å². The minimum atomic E-state index is 0.764. The van der Waals surface area contributed by atoms with E-state index in [-0.39, 0.29) is 0 Å². The molecule has 118 valence electrons. The van der Waals surface area contributed by atoms with Crippen LogP contribution >= 0.6 is 0 Å². The van der Waals surface area contributed by atoms with Gasteiger partial charge in [-0.3, -0.25) is 4.90 Å². The Balaban J connectivity index is 1.35. The maximum atomic E-state index is 4.51. The third kappa shape index (κ3) is 3.30. The van der Waals surface area contributed by atoms with Crippen LogP contribution in [0, 0.1) is 5.92 Å². The number of piperidine rings is 1. The molecule has 1 fully saturated rings. The second kappa shape index (κ2) is 6.55. The molecule has 3 aromatic rings. The van der Waals surface area contributed by atoms with Crippen molar-refractivity contribution in [1.29, 1.82) is 0 Å². The van der Waals surface area contributed by atoms with E-state index in [9.17, 15) is 0 Å². The zero-order valence-electron chi connectivity index (χ0n) is 13.4. The van der Waals surface area contributed by atoms with Crippen LogP contribution < -0.4 is 0 Å². The summed E-state index contributed by atoms with van der Waals surface area (Å²) in [4.78, 5) is 7.09. The van der Waals surface area contributed by atoms with Gasteiger partial charge in [0.15, 0.2) is 0 Å². The molecule has 1 aliphatic heterocycles. The average molecular weight is 305 g/mol. The van der Waals surface area contributed by atoms with Gasteiger partial charge in [-0.1, -0.05) is 42.5 Å². The highest BCUT2D eigenvalue weighted by Gasteiger charge is 2.20. The molecule has 0 radical (unpaired) electrons. The molecule has 0 saturated carbocycles. The lowest BCUT2D eigenvalue weighted by Gasteiger charge is -2.32. The minimum absolute atomic E-state index is 0.764. The van der Waals surface area contributed by atoms with E-state index >= 15 is 0 Å². The molecule has 23 heavy (non-hydrogen) atoms. The van der Waals surface area contributed by atoms with Crippen LogP contribution in [0.5, 0.6) is 0 Å². The van der Waals surface area contributed by atoms with Crippen LogP contribution in [0.15, 0.2) is 60.9 Å². The van der Waals surface area contributed by atoms with Gasteiger partial charge in [-0.25, -0.2) is 4.98 Å². The molecule has 3 nitrogen and oxygen atoms in total. The van der Waals surface area contributed by atoms with E-state index in [0.29, 0.717) is 0 Å². The van der Waals surface area contributed by atoms with Gasteiger partial charge in [0.05, 0.1) is 17.4 Å². The van der Waals surface area contributed by atoms with Gasteiger partial charge in [0.25, 0.3) is 0 Å². The maximum Gasteiger partial charge on any atom is 0.0958 e. The Kier molecular flexibility index (Phi) is 4.12. The second-order valence-corrected chi connectivity index (χ2v) is 6.59. The Morgan fingerprint density at radius 1 is 0.913 bits per heavy atom. The molecule has 2 heterocycles. The topological polar surface area (TPSA) is 21.1 Å². The Hall–Kier alpha value is -2.13. The summed E-state index contributed by atoms with van der Waals surface area (Å²) in [5, 5.41) is 0. The molecule has 2 aromatic carbocycles. The summed E-state index contributed by atoms with van der Waals surface area (Å²) in [6, 6.07) is 19.2. The van der Waals surface area contributed by atoms with Crippen molar-refractivity contribution in [3.8, 4) is 0 Å². The first kappa shape index (κ1) is 14.5. The average Bonchev–Trinajstić information content (AvgIpc) is 3.01. The van der Waals surface area contributed by atoms with Crippen LogP contribution in [0.25, 0.3) is 11.0 Å². The first-order valence-electron chi connectivity index (χ1n) is 8.54. The molecule has 3 heteroatoms. The highest BCUT2D eigenvalue weighted by atomic mass is 15.1. The van der Waals surface area contributed by atoms with Crippen molar-refractivity contribution < 1.29 is 0 Å². The molecule has 0 N–H and O–H groups in total. The fourth-order valence-corrected chi connectivity index (χ4v) is 3.60. The lowest BCUT2D eigenvalue weighted by atomic mass is 9.96. The number of hydrogen-bond acceptors (Lipinski definition) is 2. The van der Waals surface area contributed by atoms with Gasteiger partial charge in [0, 0.05) is 13.1 Å². The Labute approximate surface area is 137 Å². The number of nitrogens with zero attached hydrogens (tertiary/aromatic N) is 3. The van der Waals surface area contributed by atoms with Crippen molar-refractivity contribution in [2.45, 2.75) is 25.9 Å². The third-order valence-corrected chi connectivity index (χ3v) is 4.94. The minimum Gasteiger partial charge on any atom is -0.330 e. The van der Waals surface area contributed by atoms with Gasteiger partial charge in [-0.05, 0) is 49.5 Å². The fraction of sp³-hybridized carbons (Fsp3) is 0.350. The van der Waals surface area contributed by atoms with Crippen LogP contribution in [0.3, 0.4) is 0 Å². The lowest BCUT2D eigenvalue weighted by Crippen LogP contribution is -2.34. The van der Waals surface area contributed by atoms with E-state index in [4.69, 9.17) is 0 Å². The lowest BCUT2D eigenvalue weighted by molar-refractivity contribution is 0.168. The van der Waals surface area contributed by atoms with Gasteiger partial charge in [-0.15, -0.1) is 0 Å². The molecule has 0 atom stereocenters. The van der Waals surface area contributed by atoms with Gasteiger partial charge in [0.2, 0.25) is 0 Å². The third-order valence-electron chi connectivity index (χ3n) is 4.94. The summed E-state index contributed by atoms with van der Waals surface area (Å²) in [7, 11) is 0. The monoisotopic (exact) mass is 305 g/mol. The highest BCUT2D eigenvalue weighted by Crippen LogP contribution is 2.22. The Bertz CT molecular complexity index is 755. The van der Waals surface area contributed by atoms with E-state index in [2.05, 4.69) is 69.0 Å². The standard InChI is InChI=1S/C20H23N3/c1-2-6-17(7-3-1)14-22-12-10-18(11-13-22)15-23-16-21-19-8-4-5-9-20(19)23/h1-9,16,18H,10-15H2. The van der Waals surface area contributed by atoms with Crippen LogP contribution in [0.4, 0.5) is 0 Å².